The Hall–Kier alpha value is -0.850. The van der Waals surface area contributed by atoms with E-state index in [1.807, 2.05) is 18.2 Å². The first-order chi connectivity index (χ1) is 8.58. The summed E-state index contributed by atoms with van der Waals surface area (Å²) in [4.78, 5) is 11.9. The molecule has 0 radical (unpaired) electrons. The fraction of sp³-hybridized carbons (Fsp3) is 0.0833. The second-order valence-corrected chi connectivity index (χ2v) is 6.29. The van der Waals surface area contributed by atoms with Crippen LogP contribution in [-0.2, 0) is 6.61 Å². The van der Waals surface area contributed by atoms with E-state index in [-0.39, 0.29) is 0 Å². The number of benzene rings is 1. The van der Waals surface area contributed by atoms with Crippen molar-refractivity contribution in [1.82, 2.24) is 0 Å². The summed E-state index contributed by atoms with van der Waals surface area (Å²) in [5.74, 6) is -0.198. The molecule has 0 aliphatic heterocycles. The van der Waals surface area contributed by atoms with Gasteiger partial charge in [0.15, 0.2) is 0 Å². The van der Waals surface area contributed by atoms with Gasteiger partial charge in [0.1, 0.15) is 17.2 Å². The topological polar surface area (TPSA) is 46.5 Å². The van der Waals surface area contributed by atoms with E-state index in [9.17, 15) is 4.79 Å². The Labute approximate surface area is 125 Å². The molecule has 94 valence electrons. The number of hydrogen-bond donors (Lipinski definition) is 1. The lowest BCUT2D eigenvalue weighted by atomic mass is 10.3. The third kappa shape index (κ3) is 3.13. The summed E-state index contributed by atoms with van der Waals surface area (Å²) in [6.45, 7) is 0.346. The minimum atomic E-state index is -0.909. The first-order valence-electron chi connectivity index (χ1n) is 4.96. The Balaban J connectivity index is 2.09. The summed E-state index contributed by atoms with van der Waals surface area (Å²) in [6, 6.07) is 9.02. The van der Waals surface area contributed by atoms with Gasteiger partial charge in [0.2, 0.25) is 0 Å². The molecule has 18 heavy (non-hydrogen) atoms. The van der Waals surface area contributed by atoms with Gasteiger partial charge in [0.05, 0.1) is 8.95 Å². The van der Waals surface area contributed by atoms with Gasteiger partial charge in [-0.3, -0.25) is 0 Å². The molecule has 6 heteroatoms. The van der Waals surface area contributed by atoms with Gasteiger partial charge in [-0.2, -0.15) is 0 Å². The Bertz CT molecular complexity index is 560. The van der Waals surface area contributed by atoms with Crippen LogP contribution in [-0.4, -0.2) is 11.1 Å². The van der Waals surface area contributed by atoms with Crippen molar-refractivity contribution in [2.45, 2.75) is 6.61 Å². The zero-order valence-electron chi connectivity index (χ0n) is 9.02. The molecule has 3 nitrogen and oxygen atoms in total. The Morgan fingerprint density at radius 2 is 1.89 bits per heavy atom. The maximum atomic E-state index is 10.8. The molecule has 0 saturated carbocycles. The molecule has 1 aromatic carbocycles. The molecule has 0 spiro atoms. The summed E-state index contributed by atoms with van der Waals surface area (Å²) in [5.41, 5.74) is 0. The molecular formula is C12H8Br2O3S. The molecule has 0 aliphatic carbocycles. The van der Waals surface area contributed by atoms with Crippen LogP contribution in [0.15, 0.2) is 39.3 Å². The van der Waals surface area contributed by atoms with Crippen LogP contribution >= 0.6 is 43.2 Å². The van der Waals surface area contributed by atoms with Crippen molar-refractivity contribution in [2.24, 2.45) is 0 Å². The highest BCUT2D eigenvalue weighted by molar-refractivity contribution is 9.11. The Morgan fingerprint density at radius 1 is 1.22 bits per heavy atom. The largest absolute Gasteiger partial charge is 0.486 e. The van der Waals surface area contributed by atoms with Crippen LogP contribution in [0.2, 0.25) is 0 Å². The molecule has 2 rings (SSSR count). The van der Waals surface area contributed by atoms with E-state index in [1.54, 1.807) is 12.1 Å². The molecule has 1 N–H and O–H groups in total. The highest BCUT2D eigenvalue weighted by Gasteiger charge is 2.09. The number of halogens is 2. The van der Waals surface area contributed by atoms with Crippen LogP contribution < -0.4 is 4.74 Å². The fourth-order valence-electron chi connectivity index (χ4n) is 1.33. The van der Waals surface area contributed by atoms with E-state index < -0.39 is 5.97 Å². The molecule has 0 bridgehead atoms. The number of hydrogen-bond acceptors (Lipinski definition) is 3. The van der Waals surface area contributed by atoms with Gasteiger partial charge in [0.25, 0.3) is 0 Å². The average molecular weight is 392 g/mol. The zero-order valence-corrected chi connectivity index (χ0v) is 13.0. The second-order valence-electron chi connectivity index (χ2n) is 3.41. The molecule has 0 amide bonds. The van der Waals surface area contributed by atoms with Gasteiger partial charge >= 0.3 is 5.97 Å². The molecule has 0 aliphatic rings. The smallest absolute Gasteiger partial charge is 0.345 e. The lowest BCUT2D eigenvalue weighted by Crippen LogP contribution is -1.94. The minimum absolute atomic E-state index is 0.319. The predicted molar refractivity (Wildman–Crippen MR) is 77.5 cm³/mol. The van der Waals surface area contributed by atoms with Gasteiger partial charge in [-0.1, -0.05) is 6.07 Å². The van der Waals surface area contributed by atoms with Gasteiger partial charge < -0.3 is 9.84 Å². The maximum Gasteiger partial charge on any atom is 0.345 e. The van der Waals surface area contributed by atoms with Crippen molar-refractivity contribution in [2.75, 3.05) is 0 Å². The van der Waals surface area contributed by atoms with Gasteiger partial charge in [-0.25, -0.2) is 4.79 Å². The fourth-order valence-corrected chi connectivity index (χ4v) is 3.32. The van der Waals surface area contributed by atoms with E-state index in [1.165, 1.54) is 11.3 Å². The van der Waals surface area contributed by atoms with Gasteiger partial charge in [-0.05, 0) is 56.1 Å². The van der Waals surface area contributed by atoms with Crippen LogP contribution in [0.4, 0.5) is 0 Å². The van der Waals surface area contributed by atoms with Crippen molar-refractivity contribution in [3.63, 3.8) is 0 Å². The maximum absolute atomic E-state index is 10.8. The monoisotopic (exact) mass is 390 g/mol. The highest BCUT2D eigenvalue weighted by atomic mass is 79.9. The van der Waals surface area contributed by atoms with E-state index >= 15 is 0 Å². The number of carbonyl (C=O) groups is 1. The molecule has 0 unspecified atom stereocenters. The van der Waals surface area contributed by atoms with Crippen molar-refractivity contribution >= 4 is 49.2 Å². The molecule has 2 aromatic rings. The normalized spacial score (nSPS) is 10.3. The summed E-state index contributed by atoms with van der Waals surface area (Å²) >= 11 is 8.02. The van der Waals surface area contributed by atoms with Crippen LogP contribution in [0.1, 0.15) is 14.5 Å². The summed E-state index contributed by atoms with van der Waals surface area (Å²) < 4.78 is 7.38. The van der Waals surface area contributed by atoms with Crippen molar-refractivity contribution in [3.05, 3.63) is 49.0 Å². The molecule has 1 heterocycles. The van der Waals surface area contributed by atoms with Crippen LogP contribution in [0, 0.1) is 0 Å². The van der Waals surface area contributed by atoms with Crippen molar-refractivity contribution in [3.8, 4) is 5.75 Å². The summed E-state index contributed by atoms with van der Waals surface area (Å²) in [5, 5.41) is 8.83. The lowest BCUT2D eigenvalue weighted by Gasteiger charge is -2.08. The summed E-state index contributed by atoms with van der Waals surface area (Å²) in [6.07, 6.45) is 0. The standard InChI is InChI=1S/C12H8Br2O3S/c13-8-2-1-3-9(14)11(8)17-6-7-4-5-10(18-7)12(15)16/h1-5H,6H2,(H,15,16). The third-order valence-electron chi connectivity index (χ3n) is 2.15. The van der Waals surface area contributed by atoms with Crippen LogP contribution in [0.25, 0.3) is 0 Å². The zero-order chi connectivity index (χ0) is 13.1. The molecule has 1 aromatic heterocycles. The molecule has 0 saturated heterocycles. The first-order valence-corrected chi connectivity index (χ1v) is 7.37. The summed E-state index contributed by atoms with van der Waals surface area (Å²) in [7, 11) is 0. The van der Waals surface area contributed by atoms with Crippen molar-refractivity contribution < 1.29 is 14.6 Å². The lowest BCUT2D eigenvalue weighted by molar-refractivity contribution is 0.0702. The molecule has 0 fully saturated rings. The number of para-hydroxylation sites is 1. The van der Waals surface area contributed by atoms with Gasteiger partial charge in [-0.15, -0.1) is 11.3 Å². The number of ether oxygens (including phenoxy) is 1. The predicted octanol–water partition coefficient (Wildman–Crippen LogP) is 4.55. The highest BCUT2D eigenvalue weighted by Crippen LogP contribution is 2.33. The van der Waals surface area contributed by atoms with E-state index in [2.05, 4.69) is 31.9 Å². The van der Waals surface area contributed by atoms with E-state index in [0.717, 1.165) is 13.8 Å². The van der Waals surface area contributed by atoms with Crippen LogP contribution in [0.3, 0.4) is 0 Å². The SMILES string of the molecule is O=C(O)c1ccc(COc2c(Br)cccc2Br)s1. The van der Waals surface area contributed by atoms with E-state index in [0.29, 0.717) is 17.2 Å². The molecule has 0 atom stereocenters. The molecular weight excluding hydrogens is 384 g/mol. The quantitative estimate of drug-likeness (QED) is 0.831. The number of thiophene rings is 1. The number of rotatable bonds is 4. The minimum Gasteiger partial charge on any atom is -0.486 e. The Kier molecular flexibility index (Phi) is 4.42. The first kappa shape index (κ1) is 13.6. The average Bonchev–Trinajstić information content (AvgIpc) is 2.77. The van der Waals surface area contributed by atoms with Gasteiger partial charge in [0, 0.05) is 4.88 Å². The van der Waals surface area contributed by atoms with Crippen molar-refractivity contribution in [1.29, 1.82) is 0 Å². The number of carboxylic acids is 1. The number of aromatic carboxylic acids is 1. The third-order valence-corrected chi connectivity index (χ3v) is 4.45. The van der Waals surface area contributed by atoms with Crippen LogP contribution in [0.5, 0.6) is 5.75 Å². The second kappa shape index (κ2) is 5.86. The van der Waals surface area contributed by atoms with E-state index in [4.69, 9.17) is 9.84 Å². The Morgan fingerprint density at radius 3 is 2.44 bits per heavy atom. The number of carboxylic acid groups (broad SMARTS) is 1.